The van der Waals surface area contributed by atoms with Crippen molar-refractivity contribution in [2.75, 3.05) is 25.0 Å². The molecule has 4 rings (SSSR count). The monoisotopic (exact) mass is 369 g/mol. The fourth-order valence-electron chi connectivity index (χ4n) is 3.00. The lowest BCUT2D eigenvalue weighted by Gasteiger charge is -2.35. The number of pyridine rings is 1. The summed E-state index contributed by atoms with van der Waals surface area (Å²) in [5, 5.41) is 8.90. The second kappa shape index (κ2) is 7.22. The van der Waals surface area contributed by atoms with Crippen LogP contribution >= 0.6 is 11.3 Å². The molecular weight excluding hydrogens is 350 g/mol. The lowest BCUT2D eigenvalue weighted by molar-refractivity contribution is 0.0615. The molecule has 1 unspecified atom stereocenters. The summed E-state index contributed by atoms with van der Waals surface area (Å²) in [5.74, 6) is 1.49. The number of anilines is 2. The summed E-state index contributed by atoms with van der Waals surface area (Å²) in [6.07, 6.45) is 5.36. The quantitative estimate of drug-likeness (QED) is 0.729. The zero-order chi connectivity index (χ0) is 17.9. The van der Waals surface area contributed by atoms with Crippen LogP contribution in [0.25, 0.3) is 0 Å². The highest BCUT2D eigenvalue weighted by Crippen LogP contribution is 2.25. The Balaban J connectivity index is 1.53. The largest absolute Gasteiger partial charge is 0.336 e. The highest BCUT2D eigenvalue weighted by atomic mass is 32.1. The first-order valence-corrected chi connectivity index (χ1v) is 9.23. The second-order valence-corrected chi connectivity index (χ2v) is 6.85. The average Bonchev–Trinajstić information content (AvgIpc) is 3.31. The van der Waals surface area contributed by atoms with E-state index in [9.17, 15) is 4.79 Å². The summed E-state index contributed by atoms with van der Waals surface area (Å²) in [4.78, 5) is 28.0. The number of piperazine rings is 1. The van der Waals surface area contributed by atoms with Gasteiger partial charge in [0.15, 0.2) is 5.13 Å². The minimum absolute atomic E-state index is 0.0789. The van der Waals surface area contributed by atoms with Gasteiger partial charge in [-0.1, -0.05) is 6.07 Å². The molecule has 4 heterocycles. The van der Waals surface area contributed by atoms with Crippen molar-refractivity contribution in [2.24, 2.45) is 7.05 Å². The Bertz CT molecular complexity index is 891. The van der Waals surface area contributed by atoms with Crippen molar-refractivity contribution in [3.63, 3.8) is 0 Å². The first-order valence-electron chi connectivity index (χ1n) is 8.35. The Labute approximate surface area is 154 Å². The molecule has 0 aliphatic carbocycles. The molecule has 1 aliphatic heterocycles. The molecule has 0 spiro atoms. The lowest BCUT2D eigenvalue weighted by Crippen LogP contribution is -2.49. The molecule has 1 amide bonds. The van der Waals surface area contributed by atoms with Gasteiger partial charge in [0, 0.05) is 50.7 Å². The molecule has 0 bridgehead atoms. The van der Waals surface area contributed by atoms with Gasteiger partial charge in [0.2, 0.25) is 0 Å². The van der Waals surface area contributed by atoms with E-state index in [4.69, 9.17) is 0 Å². The maximum absolute atomic E-state index is 13.0. The van der Waals surface area contributed by atoms with Crippen LogP contribution in [0.3, 0.4) is 0 Å². The number of aromatic nitrogens is 4. The molecule has 1 fully saturated rings. The SMILES string of the molecule is Cn1ccnc1C1CNCCN1C(=O)c1csc(Nc2ccccn2)n1. The number of imidazole rings is 1. The number of rotatable bonds is 4. The van der Waals surface area contributed by atoms with Crippen molar-refractivity contribution in [3.05, 3.63) is 53.7 Å². The standard InChI is InChI=1S/C17H19N7OS/c1-23-8-7-20-15(23)13-10-18-6-9-24(13)16(25)12-11-26-17(21-12)22-14-4-2-3-5-19-14/h2-5,7-8,11,13,18H,6,9-10H2,1H3,(H,19,21,22). The zero-order valence-corrected chi connectivity index (χ0v) is 15.1. The topological polar surface area (TPSA) is 88.0 Å². The van der Waals surface area contributed by atoms with E-state index < -0.39 is 0 Å². The molecular formula is C17H19N7OS. The van der Waals surface area contributed by atoms with Gasteiger partial charge in [-0.2, -0.15) is 0 Å². The van der Waals surface area contributed by atoms with Crippen molar-refractivity contribution < 1.29 is 4.79 Å². The summed E-state index contributed by atoms with van der Waals surface area (Å²) in [6.45, 7) is 2.06. The molecule has 134 valence electrons. The van der Waals surface area contributed by atoms with Crippen molar-refractivity contribution in [2.45, 2.75) is 6.04 Å². The minimum atomic E-state index is -0.106. The van der Waals surface area contributed by atoms with Crippen LogP contribution in [-0.2, 0) is 7.05 Å². The van der Waals surface area contributed by atoms with Crippen molar-refractivity contribution in [1.29, 1.82) is 0 Å². The molecule has 0 saturated carbocycles. The van der Waals surface area contributed by atoms with Gasteiger partial charge in [-0.25, -0.2) is 15.0 Å². The van der Waals surface area contributed by atoms with Crippen LogP contribution in [0.2, 0.25) is 0 Å². The normalized spacial score (nSPS) is 17.3. The fourth-order valence-corrected chi connectivity index (χ4v) is 3.69. The molecule has 0 radical (unpaired) electrons. The van der Waals surface area contributed by atoms with E-state index in [1.807, 2.05) is 40.9 Å². The van der Waals surface area contributed by atoms with Crippen LogP contribution in [0.15, 0.2) is 42.2 Å². The zero-order valence-electron chi connectivity index (χ0n) is 14.3. The van der Waals surface area contributed by atoms with E-state index in [0.717, 1.165) is 12.4 Å². The van der Waals surface area contributed by atoms with Crippen LogP contribution in [0.5, 0.6) is 0 Å². The van der Waals surface area contributed by atoms with E-state index in [1.54, 1.807) is 17.8 Å². The van der Waals surface area contributed by atoms with Crippen LogP contribution < -0.4 is 10.6 Å². The number of aryl methyl sites for hydroxylation is 1. The number of hydrogen-bond acceptors (Lipinski definition) is 7. The van der Waals surface area contributed by atoms with Gasteiger partial charge in [-0.3, -0.25) is 4.79 Å². The first kappa shape index (κ1) is 16.7. The van der Waals surface area contributed by atoms with Gasteiger partial charge in [0.1, 0.15) is 23.4 Å². The predicted molar refractivity (Wildman–Crippen MR) is 99.5 cm³/mol. The van der Waals surface area contributed by atoms with Crippen LogP contribution in [0.4, 0.5) is 10.9 Å². The molecule has 2 N–H and O–H groups in total. The molecule has 1 saturated heterocycles. The molecule has 1 aliphatic rings. The van der Waals surface area contributed by atoms with Crippen LogP contribution in [0.1, 0.15) is 22.4 Å². The van der Waals surface area contributed by atoms with Crippen molar-refractivity contribution in [3.8, 4) is 0 Å². The number of amides is 1. The Morgan fingerprint density at radius 2 is 2.27 bits per heavy atom. The van der Waals surface area contributed by atoms with Crippen LogP contribution in [-0.4, -0.2) is 50.0 Å². The number of carbonyl (C=O) groups excluding carboxylic acids is 1. The smallest absolute Gasteiger partial charge is 0.274 e. The number of nitrogens with one attached hydrogen (secondary N) is 2. The van der Waals surface area contributed by atoms with Gasteiger partial charge < -0.3 is 20.1 Å². The first-order chi connectivity index (χ1) is 12.7. The highest BCUT2D eigenvalue weighted by molar-refractivity contribution is 7.14. The third-order valence-electron chi connectivity index (χ3n) is 4.28. The van der Waals surface area contributed by atoms with Gasteiger partial charge >= 0.3 is 0 Å². The van der Waals surface area contributed by atoms with E-state index >= 15 is 0 Å². The highest BCUT2D eigenvalue weighted by Gasteiger charge is 2.32. The van der Waals surface area contributed by atoms with Gasteiger partial charge in [0.25, 0.3) is 5.91 Å². The van der Waals surface area contributed by atoms with Crippen molar-refractivity contribution in [1.82, 2.24) is 29.7 Å². The molecule has 8 nitrogen and oxygen atoms in total. The van der Waals surface area contributed by atoms with Crippen LogP contribution in [0, 0.1) is 0 Å². The fraction of sp³-hybridized carbons (Fsp3) is 0.294. The third kappa shape index (κ3) is 3.31. The molecule has 9 heteroatoms. The average molecular weight is 369 g/mol. The maximum Gasteiger partial charge on any atom is 0.274 e. The molecule has 3 aromatic rings. The summed E-state index contributed by atoms with van der Waals surface area (Å²) < 4.78 is 1.95. The minimum Gasteiger partial charge on any atom is -0.336 e. The maximum atomic E-state index is 13.0. The molecule has 26 heavy (non-hydrogen) atoms. The van der Waals surface area contributed by atoms with E-state index in [1.165, 1.54) is 11.3 Å². The van der Waals surface area contributed by atoms with Crippen molar-refractivity contribution >= 4 is 28.2 Å². The molecule has 0 aromatic carbocycles. The Morgan fingerprint density at radius 3 is 3.04 bits per heavy atom. The molecule has 3 aromatic heterocycles. The number of nitrogens with zero attached hydrogens (tertiary/aromatic N) is 5. The van der Waals surface area contributed by atoms with E-state index in [0.29, 0.717) is 29.7 Å². The lowest BCUT2D eigenvalue weighted by atomic mass is 10.1. The predicted octanol–water partition coefficient (Wildman–Crippen LogP) is 1.80. The summed E-state index contributed by atoms with van der Waals surface area (Å²) >= 11 is 1.39. The summed E-state index contributed by atoms with van der Waals surface area (Å²) in [7, 11) is 1.94. The number of hydrogen-bond donors (Lipinski definition) is 2. The Morgan fingerprint density at radius 1 is 1.35 bits per heavy atom. The van der Waals surface area contributed by atoms with E-state index in [-0.39, 0.29) is 11.9 Å². The van der Waals surface area contributed by atoms with Gasteiger partial charge in [-0.15, -0.1) is 11.3 Å². The second-order valence-electron chi connectivity index (χ2n) is 5.99. The number of thiazole rings is 1. The van der Waals surface area contributed by atoms with Gasteiger partial charge in [0.05, 0.1) is 0 Å². The van der Waals surface area contributed by atoms with E-state index in [2.05, 4.69) is 25.6 Å². The summed E-state index contributed by atoms with van der Waals surface area (Å²) in [6, 6.07) is 5.50. The van der Waals surface area contributed by atoms with Gasteiger partial charge in [-0.05, 0) is 12.1 Å². The third-order valence-corrected chi connectivity index (χ3v) is 5.04. The Hall–Kier alpha value is -2.78. The Kier molecular flexibility index (Phi) is 4.63. The molecule has 1 atom stereocenters. The number of carbonyl (C=O) groups is 1. The summed E-state index contributed by atoms with van der Waals surface area (Å²) in [5.41, 5.74) is 0.439.